The van der Waals surface area contributed by atoms with Crippen LogP contribution in [0.5, 0.6) is 5.75 Å². The minimum absolute atomic E-state index is 0.158. The van der Waals surface area contributed by atoms with Crippen LogP contribution in [0.4, 0.5) is 4.39 Å². The summed E-state index contributed by atoms with van der Waals surface area (Å²) >= 11 is 0. The lowest BCUT2D eigenvalue weighted by atomic mass is 10.1. The predicted molar refractivity (Wildman–Crippen MR) is 104 cm³/mol. The van der Waals surface area contributed by atoms with Crippen molar-refractivity contribution in [2.24, 2.45) is 0 Å². The van der Waals surface area contributed by atoms with E-state index in [4.69, 9.17) is 4.74 Å². The fourth-order valence-electron chi connectivity index (χ4n) is 3.47. The molecule has 0 bridgehead atoms. The van der Waals surface area contributed by atoms with E-state index in [1.165, 1.54) is 17.7 Å². The van der Waals surface area contributed by atoms with Gasteiger partial charge in [0.05, 0.1) is 7.11 Å². The second-order valence-electron chi connectivity index (χ2n) is 6.99. The molecule has 1 saturated heterocycles. The lowest BCUT2D eigenvalue weighted by molar-refractivity contribution is -0.131. The molecule has 0 aliphatic carbocycles. The van der Waals surface area contributed by atoms with Crippen molar-refractivity contribution >= 4 is 5.91 Å². The van der Waals surface area contributed by atoms with Gasteiger partial charge in [-0.15, -0.1) is 0 Å². The molecule has 0 aromatic heterocycles. The van der Waals surface area contributed by atoms with Crippen LogP contribution in [-0.2, 0) is 17.8 Å². The van der Waals surface area contributed by atoms with Gasteiger partial charge in [-0.1, -0.05) is 24.3 Å². The number of amides is 1. The smallest absolute Gasteiger partial charge is 0.222 e. The third-order valence-corrected chi connectivity index (χ3v) is 5.02. The van der Waals surface area contributed by atoms with E-state index in [1.807, 2.05) is 23.1 Å². The van der Waals surface area contributed by atoms with E-state index in [-0.39, 0.29) is 11.7 Å². The second kappa shape index (κ2) is 9.51. The zero-order valence-electron chi connectivity index (χ0n) is 15.9. The number of benzene rings is 2. The van der Waals surface area contributed by atoms with Crippen molar-refractivity contribution in [2.45, 2.75) is 25.8 Å². The Balaban J connectivity index is 1.47. The van der Waals surface area contributed by atoms with Crippen molar-refractivity contribution in [1.29, 1.82) is 0 Å². The molecule has 1 fully saturated rings. The molecule has 0 N–H and O–H groups in total. The van der Waals surface area contributed by atoms with Crippen molar-refractivity contribution in [1.82, 2.24) is 9.80 Å². The molecule has 1 amide bonds. The summed E-state index contributed by atoms with van der Waals surface area (Å²) in [4.78, 5) is 16.9. The third kappa shape index (κ3) is 5.79. The monoisotopic (exact) mass is 370 g/mol. The van der Waals surface area contributed by atoms with Crippen molar-refractivity contribution < 1.29 is 13.9 Å². The minimum atomic E-state index is -0.246. The van der Waals surface area contributed by atoms with E-state index in [2.05, 4.69) is 17.0 Å². The van der Waals surface area contributed by atoms with Crippen LogP contribution in [0.2, 0.25) is 0 Å². The van der Waals surface area contributed by atoms with Gasteiger partial charge in [0.1, 0.15) is 11.6 Å². The van der Waals surface area contributed by atoms with Crippen LogP contribution in [0, 0.1) is 5.82 Å². The quantitative estimate of drug-likeness (QED) is 0.780. The first kappa shape index (κ1) is 19.4. The maximum absolute atomic E-state index is 13.3. The summed E-state index contributed by atoms with van der Waals surface area (Å²) in [6.45, 7) is 4.28. The first-order valence-corrected chi connectivity index (χ1v) is 9.51. The summed E-state index contributed by atoms with van der Waals surface area (Å²) in [6, 6.07) is 14.6. The molecule has 1 aliphatic rings. The van der Waals surface area contributed by atoms with E-state index >= 15 is 0 Å². The lowest BCUT2D eigenvalue weighted by Gasteiger charge is -2.22. The highest BCUT2D eigenvalue weighted by molar-refractivity contribution is 5.76. The Bertz CT molecular complexity index is 748. The van der Waals surface area contributed by atoms with Gasteiger partial charge in [-0.25, -0.2) is 4.39 Å². The number of carbonyl (C=O) groups is 1. The molecule has 0 saturated carbocycles. The van der Waals surface area contributed by atoms with Crippen LogP contribution in [0.25, 0.3) is 0 Å². The normalized spacial score (nSPS) is 15.4. The van der Waals surface area contributed by atoms with Crippen LogP contribution in [0.15, 0.2) is 48.5 Å². The third-order valence-electron chi connectivity index (χ3n) is 5.02. The summed E-state index contributed by atoms with van der Waals surface area (Å²) < 4.78 is 18.5. The van der Waals surface area contributed by atoms with Crippen molar-refractivity contribution in [3.05, 3.63) is 65.5 Å². The molecule has 2 aromatic rings. The Morgan fingerprint density at radius 3 is 2.59 bits per heavy atom. The van der Waals surface area contributed by atoms with Crippen molar-refractivity contribution in [3.8, 4) is 5.75 Å². The molecule has 2 aromatic carbocycles. The van der Waals surface area contributed by atoms with Crippen LogP contribution in [0.1, 0.15) is 24.0 Å². The summed E-state index contributed by atoms with van der Waals surface area (Å²) in [6.07, 6.45) is 1.99. The fourth-order valence-corrected chi connectivity index (χ4v) is 3.47. The molecule has 3 rings (SSSR count). The minimum Gasteiger partial charge on any atom is -0.497 e. The second-order valence-corrected chi connectivity index (χ2v) is 6.99. The Labute approximate surface area is 160 Å². The van der Waals surface area contributed by atoms with E-state index in [0.717, 1.165) is 50.5 Å². The average Bonchev–Trinajstić information content (AvgIpc) is 2.92. The number of hydrogen-bond donors (Lipinski definition) is 0. The summed E-state index contributed by atoms with van der Waals surface area (Å²) in [5, 5.41) is 0. The standard InChI is InChI=1S/C22H27FN2O2/c1-27-21-9-6-19(7-10-21)17-24-12-3-13-25(15-14-24)22(26)11-8-18-4-2-5-20(23)16-18/h2,4-7,9-10,16H,3,8,11-15,17H2,1H3. The van der Waals surface area contributed by atoms with Gasteiger partial charge < -0.3 is 9.64 Å². The molecular weight excluding hydrogens is 343 g/mol. The number of methoxy groups -OCH3 is 1. The largest absolute Gasteiger partial charge is 0.497 e. The van der Waals surface area contributed by atoms with Gasteiger partial charge in [0.25, 0.3) is 0 Å². The number of hydrogen-bond acceptors (Lipinski definition) is 3. The number of carbonyl (C=O) groups excluding carboxylic acids is 1. The van der Waals surface area contributed by atoms with Crippen molar-refractivity contribution in [3.63, 3.8) is 0 Å². The summed E-state index contributed by atoms with van der Waals surface area (Å²) in [5.74, 6) is 0.777. The molecule has 1 heterocycles. The van der Waals surface area contributed by atoms with Gasteiger partial charge in [-0.3, -0.25) is 9.69 Å². The Morgan fingerprint density at radius 1 is 1.04 bits per heavy atom. The first-order valence-electron chi connectivity index (χ1n) is 9.51. The van der Waals surface area contributed by atoms with E-state index in [0.29, 0.717) is 12.8 Å². The maximum Gasteiger partial charge on any atom is 0.222 e. The molecule has 1 aliphatic heterocycles. The van der Waals surface area contributed by atoms with Gasteiger partial charge in [-0.2, -0.15) is 0 Å². The molecule has 5 heteroatoms. The molecule has 144 valence electrons. The van der Waals surface area contributed by atoms with Crippen LogP contribution < -0.4 is 4.74 Å². The zero-order valence-corrected chi connectivity index (χ0v) is 15.9. The molecule has 27 heavy (non-hydrogen) atoms. The highest BCUT2D eigenvalue weighted by Gasteiger charge is 2.19. The average molecular weight is 370 g/mol. The Hall–Kier alpha value is -2.40. The molecule has 0 atom stereocenters. The Morgan fingerprint density at radius 2 is 1.85 bits per heavy atom. The predicted octanol–water partition coefficient (Wildman–Crippen LogP) is 3.50. The molecular formula is C22H27FN2O2. The number of nitrogens with zero attached hydrogens (tertiary/aromatic N) is 2. The van der Waals surface area contributed by atoms with E-state index < -0.39 is 0 Å². The molecule has 0 spiro atoms. The number of rotatable bonds is 6. The number of aryl methyl sites for hydroxylation is 1. The van der Waals surface area contributed by atoms with Crippen LogP contribution in [-0.4, -0.2) is 49.0 Å². The van der Waals surface area contributed by atoms with Gasteiger partial charge in [0.15, 0.2) is 0 Å². The number of ether oxygens (including phenoxy) is 1. The van der Waals surface area contributed by atoms with Gasteiger partial charge in [0, 0.05) is 39.1 Å². The molecule has 0 unspecified atom stereocenters. The molecule has 0 radical (unpaired) electrons. The van der Waals surface area contributed by atoms with E-state index in [1.54, 1.807) is 13.2 Å². The highest BCUT2D eigenvalue weighted by Crippen LogP contribution is 2.15. The summed E-state index contributed by atoms with van der Waals surface area (Å²) in [5.41, 5.74) is 2.13. The maximum atomic E-state index is 13.3. The highest BCUT2D eigenvalue weighted by atomic mass is 19.1. The van der Waals surface area contributed by atoms with E-state index in [9.17, 15) is 9.18 Å². The molecule has 4 nitrogen and oxygen atoms in total. The SMILES string of the molecule is COc1ccc(CN2CCCN(C(=O)CCc3cccc(F)c3)CC2)cc1. The van der Waals surface area contributed by atoms with Crippen LogP contribution >= 0.6 is 0 Å². The van der Waals surface area contributed by atoms with Crippen molar-refractivity contribution in [2.75, 3.05) is 33.3 Å². The summed E-state index contributed by atoms with van der Waals surface area (Å²) in [7, 11) is 1.67. The first-order chi connectivity index (χ1) is 13.1. The zero-order chi connectivity index (χ0) is 19.1. The van der Waals surface area contributed by atoms with Gasteiger partial charge in [-0.05, 0) is 48.2 Å². The fraction of sp³-hybridized carbons (Fsp3) is 0.409. The van der Waals surface area contributed by atoms with Gasteiger partial charge in [0.2, 0.25) is 5.91 Å². The lowest BCUT2D eigenvalue weighted by Crippen LogP contribution is -2.35. The number of halogens is 1. The topological polar surface area (TPSA) is 32.8 Å². The van der Waals surface area contributed by atoms with Crippen LogP contribution in [0.3, 0.4) is 0 Å². The Kier molecular flexibility index (Phi) is 6.82. The van der Waals surface area contributed by atoms with Gasteiger partial charge >= 0.3 is 0 Å².